The summed E-state index contributed by atoms with van der Waals surface area (Å²) in [5.74, 6) is -0.529. The van der Waals surface area contributed by atoms with Crippen LogP contribution >= 0.6 is 15.9 Å². The van der Waals surface area contributed by atoms with Gasteiger partial charge in [0.1, 0.15) is 5.82 Å². The molecule has 17 heavy (non-hydrogen) atoms. The summed E-state index contributed by atoms with van der Waals surface area (Å²) < 4.78 is 13.8. The molecule has 0 aliphatic rings. The van der Waals surface area contributed by atoms with Gasteiger partial charge in [0.2, 0.25) is 5.91 Å². The lowest BCUT2D eigenvalue weighted by Gasteiger charge is -2.12. The molecule has 3 N–H and O–H groups in total. The van der Waals surface area contributed by atoms with E-state index in [-0.39, 0.29) is 18.3 Å². The Kier molecular flexibility index (Phi) is 5.58. The summed E-state index contributed by atoms with van der Waals surface area (Å²) in [5, 5.41) is 2.69. The Hall–Kier alpha value is -0.940. The third-order valence-corrected chi connectivity index (χ3v) is 3.17. The molecule has 94 valence electrons. The minimum absolute atomic E-state index is 0.206. The van der Waals surface area contributed by atoms with Crippen molar-refractivity contribution >= 4 is 21.8 Å². The molecule has 3 nitrogen and oxygen atoms in total. The van der Waals surface area contributed by atoms with Gasteiger partial charge in [-0.15, -0.1) is 0 Å². The minimum Gasteiger partial charge on any atom is -0.351 e. The fourth-order valence-electron chi connectivity index (χ4n) is 1.43. The fourth-order valence-corrected chi connectivity index (χ4v) is 1.82. The molecule has 0 aliphatic heterocycles. The number of rotatable bonds is 5. The van der Waals surface area contributed by atoms with Gasteiger partial charge >= 0.3 is 0 Å². The maximum Gasteiger partial charge on any atom is 0.237 e. The molecule has 5 heteroatoms. The summed E-state index contributed by atoms with van der Waals surface area (Å²) in [7, 11) is 0. The molecular formula is C12H16BrFN2O. The fraction of sp³-hybridized carbons (Fsp3) is 0.417. The van der Waals surface area contributed by atoms with E-state index >= 15 is 0 Å². The normalized spacial score (nSPS) is 12.2. The Morgan fingerprint density at radius 2 is 2.29 bits per heavy atom. The summed E-state index contributed by atoms with van der Waals surface area (Å²) in [6.07, 6.45) is 1.51. The third-order valence-electron chi connectivity index (χ3n) is 2.40. The predicted octanol–water partition coefficient (Wildman–Crippen LogP) is 2.33. The molecule has 0 spiro atoms. The average molecular weight is 303 g/mol. The van der Waals surface area contributed by atoms with Crippen molar-refractivity contribution in [1.29, 1.82) is 0 Å². The lowest BCUT2D eigenvalue weighted by Crippen LogP contribution is -2.40. The van der Waals surface area contributed by atoms with E-state index in [1.54, 1.807) is 6.07 Å². The number of halogens is 2. The van der Waals surface area contributed by atoms with E-state index in [0.29, 0.717) is 12.0 Å². The van der Waals surface area contributed by atoms with Crippen LogP contribution in [-0.4, -0.2) is 11.9 Å². The Morgan fingerprint density at radius 1 is 1.59 bits per heavy atom. The SMILES string of the molecule is CCC[C@@H](N)C(=O)NCc1cc(F)ccc1Br. The lowest BCUT2D eigenvalue weighted by atomic mass is 10.1. The van der Waals surface area contributed by atoms with E-state index in [1.807, 2.05) is 6.92 Å². The first-order chi connectivity index (χ1) is 8.04. The van der Waals surface area contributed by atoms with Crippen LogP contribution in [0.1, 0.15) is 25.3 Å². The van der Waals surface area contributed by atoms with E-state index in [4.69, 9.17) is 5.73 Å². The van der Waals surface area contributed by atoms with Crippen LogP contribution < -0.4 is 11.1 Å². The van der Waals surface area contributed by atoms with Gasteiger partial charge in [-0.2, -0.15) is 0 Å². The van der Waals surface area contributed by atoms with E-state index in [9.17, 15) is 9.18 Å². The van der Waals surface area contributed by atoms with Gasteiger partial charge in [-0.3, -0.25) is 4.79 Å². The van der Waals surface area contributed by atoms with E-state index in [2.05, 4.69) is 21.2 Å². The molecule has 1 aromatic rings. The molecule has 0 unspecified atom stereocenters. The second kappa shape index (κ2) is 6.71. The number of hydrogen-bond donors (Lipinski definition) is 2. The molecule has 0 saturated carbocycles. The smallest absolute Gasteiger partial charge is 0.237 e. The van der Waals surface area contributed by atoms with E-state index < -0.39 is 6.04 Å². The summed E-state index contributed by atoms with van der Waals surface area (Å²) in [6.45, 7) is 2.24. The molecule has 1 atom stereocenters. The standard InChI is InChI=1S/C12H16BrFN2O/c1-2-3-11(15)12(17)16-7-8-6-9(14)4-5-10(8)13/h4-6,11H,2-3,7,15H2,1H3,(H,16,17)/t11-/m1/s1. The van der Waals surface area contributed by atoms with Crippen LogP contribution in [0.5, 0.6) is 0 Å². The highest BCUT2D eigenvalue weighted by atomic mass is 79.9. The molecule has 1 aromatic carbocycles. The zero-order chi connectivity index (χ0) is 12.8. The number of nitrogens with two attached hydrogens (primary N) is 1. The van der Waals surface area contributed by atoms with Gasteiger partial charge < -0.3 is 11.1 Å². The first-order valence-electron chi connectivity index (χ1n) is 5.51. The average Bonchev–Trinajstić information content (AvgIpc) is 2.30. The summed E-state index contributed by atoms with van der Waals surface area (Å²) >= 11 is 3.30. The first kappa shape index (κ1) is 14.1. The van der Waals surface area contributed by atoms with Crippen molar-refractivity contribution in [3.8, 4) is 0 Å². The van der Waals surface area contributed by atoms with Gasteiger partial charge in [0.05, 0.1) is 6.04 Å². The number of nitrogens with one attached hydrogen (secondary N) is 1. The van der Waals surface area contributed by atoms with Crippen LogP contribution in [-0.2, 0) is 11.3 Å². The van der Waals surface area contributed by atoms with Gasteiger partial charge in [-0.05, 0) is 30.2 Å². The second-order valence-corrected chi connectivity index (χ2v) is 4.70. The van der Waals surface area contributed by atoms with Crippen molar-refractivity contribution in [3.63, 3.8) is 0 Å². The van der Waals surface area contributed by atoms with E-state index in [1.165, 1.54) is 12.1 Å². The van der Waals surface area contributed by atoms with Crippen LogP contribution in [0.15, 0.2) is 22.7 Å². The van der Waals surface area contributed by atoms with Gasteiger partial charge in [0.25, 0.3) is 0 Å². The first-order valence-corrected chi connectivity index (χ1v) is 6.31. The van der Waals surface area contributed by atoms with Crippen molar-refractivity contribution in [1.82, 2.24) is 5.32 Å². The monoisotopic (exact) mass is 302 g/mol. The molecule has 0 aliphatic carbocycles. The Labute approximate surface area is 109 Å². The highest BCUT2D eigenvalue weighted by molar-refractivity contribution is 9.10. The van der Waals surface area contributed by atoms with Crippen molar-refractivity contribution in [2.45, 2.75) is 32.4 Å². The summed E-state index contributed by atoms with van der Waals surface area (Å²) in [5.41, 5.74) is 6.36. The zero-order valence-electron chi connectivity index (χ0n) is 9.67. The number of hydrogen-bond acceptors (Lipinski definition) is 2. The molecule has 0 bridgehead atoms. The topological polar surface area (TPSA) is 55.1 Å². The second-order valence-electron chi connectivity index (χ2n) is 3.85. The van der Waals surface area contributed by atoms with Crippen LogP contribution in [0, 0.1) is 5.82 Å². The van der Waals surface area contributed by atoms with Gasteiger partial charge in [-0.25, -0.2) is 4.39 Å². The quantitative estimate of drug-likeness (QED) is 0.877. The number of benzene rings is 1. The molecular weight excluding hydrogens is 287 g/mol. The van der Waals surface area contributed by atoms with Crippen molar-refractivity contribution in [2.24, 2.45) is 5.73 Å². The van der Waals surface area contributed by atoms with Crippen LogP contribution in [0.3, 0.4) is 0 Å². The van der Waals surface area contributed by atoms with Crippen LogP contribution in [0.2, 0.25) is 0 Å². The third kappa shape index (κ3) is 4.44. The highest BCUT2D eigenvalue weighted by Gasteiger charge is 2.12. The highest BCUT2D eigenvalue weighted by Crippen LogP contribution is 2.17. The Balaban J connectivity index is 2.55. The Bertz CT molecular complexity index is 398. The van der Waals surface area contributed by atoms with Gasteiger partial charge in [-0.1, -0.05) is 29.3 Å². The molecule has 0 radical (unpaired) electrons. The molecule has 0 saturated heterocycles. The van der Waals surface area contributed by atoms with Gasteiger partial charge in [0.15, 0.2) is 0 Å². The molecule has 1 amide bonds. The van der Waals surface area contributed by atoms with Crippen molar-refractivity contribution < 1.29 is 9.18 Å². The maximum atomic E-state index is 13.0. The number of carbonyl (C=O) groups excluding carboxylic acids is 1. The van der Waals surface area contributed by atoms with Crippen LogP contribution in [0.25, 0.3) is 0 Å². The molecule has 0 aromatic heterocycles. The van der Waals surface area contributed by atoms with E-state index in [0.717, 1.165) is 10.9 Å². The lowest BCUT2D eigenvalue weighted by molar-refractivity contribution is -0.122. The predicted molar refractivity (Wildman–Crippen MR) is 68.8 cm³/mol. The molecule has 0 fully saturated rings. The van der Waals surface area contributed by atoms with Gasteiger partial charge in [0, 0.05) is 11.0 Å². The van der Waals surface area contributed by atoms with Crippen molar-refractivity contribution in [2.75, 3.05) is 0 Å². The largest absolute Gasteiger partial charge is 0.351 e. The summed E-state index contributed by atoms with van der Waals surface area (Å²) in [6, 6.07) is 3.86. The Morgan fingerprint density at radius 3 is 2.94 bits per heavy atom. The summed E-state index contributed by atoms with van der Waals surface area (Å²) in [4.78, 5) is 11.6. The zero-order valence-corrected chi connectivity index (χ0v) is 11.3. The maximum absolute atomic E-state index is 13.0. The minimum atomic E-state index is -0.493. The molecule has 1 rings (SSSR count). The van der Waals surface area contributed by atoms with Crippen molar-refractivity contribution in [3.05, 3.63) is 34.1 Å². The molecule has 0 heterocycles. The number of amides is 1. The number of carbonyl (C=O) groups is 1. The van der Waals surface area contributed by atoms with Crippen LogP contribution in [0.4, 0.5) is 4.39 Å².